The van der Waals surface area contributed by atoms with Crippen molar-refractivity contribution >= 4 is 23.7 Å². The summed E-state index contributed by atoms with van der Waals surface area (Å²) in [6.07, 6.45) is 1.50. The lowest BCUT2D eigenvalue weighted by atomic mass is 10.0. The quantitative estimate of drug-likeness (QED) is 0.643. The molecule has 120 valence electrons. The lowest BCUT2D eigenvalue weighted by molar-refractivity contribution is -0.123. The van der Waals surface area contributed by atoms with Crippen LogP contribution in [0.25, 0.3) is 0 Å². The molecule has 0 radical (unpaired) electrons. The zero-order valence-electron chi connectivity index (χ0n) is 13.1. The second kappa shape index (κ2) is 8.34. The van der Waals surface area contributed by atoms with Gasteiger partial charge in [-0.2, -0.15) is 5.10 Å². The van der Waals surface area contributed by atoms with E-state index in [2.05, 4.69) is 24.4 Å². The van der Waals surface area contributed by atoms with Gasteiger partial charge >= 0.3 is 0 Å². The van der Waals surface area contributed by atoms with Crippen molar-refractivity contribution in [2.45, 2.75) is 19.8 Å². The van der Waals surface area contributed by atoms with Crippen molar-refractivity contribution in [3.63, 3.8) is 0 Å². The standard InChI is InChI=1S/C18H19ClN2O2/c1-13(2)15-8-4-6-10-17(15)23-12-18(22)21-20-11-14-7-3-5-9-16(14)19/h3-11,13H,12H2,1-2H3,(H,21,22). The molecular weight excluding hydrogens is 312 g/mol. The molecule has 2 aromatic carbocycles. The Bertz CT molecular complexity index is 699. The van der Waals surface area contributed by atoms with E-state index in [1.54, 1.807) is 6.07 Å². The van der Waals surface area contributed by atoms with Gasteiger partial charge in [0.25, 0.3) is 5.91 Å². The predicted molar refractivity (Wildman–Crippen MR) is 93.2 cm³/mol. The van der Waals surface area contributed by atoms with Gasteiger partial charge in [-0.3, -0.25) is 4.79 Å². The van der Waals surface area contributed by atoms with Crippen LogP contribution >= 0.6 is 11.6 Å². The molecule has 0 bridgehead atoms. The topological polar surface area (TPSA) is 50.7 Å². The van der Waals surface area contributed by atoms with Crippen LogP contribution in [0.3, 0.4) is 0 Å². The molecule has 0 fully saturated rings. The van der Waals surface area contributed by atoms with Crippen LogP contribution in [0.2, 0.25) is 5.02 Å². The summed E-state index contributed by atoms with van der Waals surface area (Å²) in [4.78, 5) is 11.8. The predicted octanol–water partition coefficient (Wildman–Crippen LogP) is 3.99. The Labute approximate surface area is 141 Å². The molecule has 0 aliphatic heterocycles. The number of nitrogens with zero attached hydrogens (tertiary/aromatic N) is 1. The average Bonchev–Trinajstić information content (AvgIpc) is 2.55. The third-order valence-corrected chi connectivity index (χ3v) is 3.54. The van der Waals surface area contributed by atoms with E-state index in [1.807, 2.05) is 42.5 Å². The molecule has 0 saturated carbocycles. The Balaban J connectivity index is 1.88. The van der Waals surface area contributed by atoms with Crippen molar-refractivity contribution < 1.29 is 9.53 Å². The first kappa shape index (κ1) is 17.0. The summed E-state index contributed by atoms with van der Waals surface area (Å²) < 4.78 is 5.57. The fourth-order valence-corrected chi connectivity index (χ4v) is 2.20. The summed E-state index contributed by atoms with van der Waals surface area (Å²) in [5.74, 6) is 0.715. The Hall–Kier alpha value is -2.33. The van der Waals surface area contributed by atoms with Gasteiger partial charge < -0.3 is 4.74 Å². The van der Waals surface area contributed by atoms with Crippen molar-refractivity contribution in [1.29, 1.82) is 0 Å². The van der Waals surface area contributed by atoms with Gasteiger partial charge in [0.2, 0.25) is 0 Å². The summed E-state index contributed by atoms with van der Waals surface area (Å²) in [6.45, 7) is 4.07. The van der Waals surface area contributed by atoms with Crippen molar-refractivity contribution in [2.75, 3.05) is 6.61 Å². The van der Waals surface area contributed by atoms with E-state index in [9.17, 15) is 4.79 Å². The normalized spacial score (nSPS) is 11.0. The number of ether oxygens (including phenoxy) is 1. The molecule has 0 spiro atoms. The molecule has 23 heavy (non-hydrogen) atoms. The van der Waals surface area contributed by atoms with Crippen LogP contribution in [-0.4, -0.2) is 18.7 Å². The maximum absolute atomic E-state index is 11.8. The number of hydrogen-bond acceptors (Lipinski definition) is 3. The second-order valence-electron chi connectivity index (χ2n) is 5.30. The largest absolute Gasteiger partial charge is 0.483 e. The smallest absolute Gasteiger partial charge is 0.277 e. The fourth-order valence-electron chi connectivity index (χ4n) is 2.02. The highest BCUT2D eigenvalue weighted by Crippen LogP contribution is 2.25. The van der Waals surface area contributed by atoms with Gasteiger partial charge in [0.15, 0.2) is 6.61 Å². The van der Waals surface area contributed by atoms with Crippen LogP contribution in [0, 0.1) is 0 Å². The van der Waals surface area contributed by atoms with Gasteiger partial charge in [-0.15, -0.1) is 0 Å². The highest BCUT2D eigenvalue weighted by Gasteiger charge is 2.08. The number of amides is 1. The first-order valence-corrected chi connectivity index (χ1v) is 7.74. The fraction of sp³-hybridized carbons (Fsp3) is 0.222. The third-order valence-electron chi connectivity index (χ3n) is 3.20. The minimum Gasteiger partial charge on any atom is -0.483 e. The Morgan fingerprint density at radius 1 is 1.22 bits per heavy atom. The molecule has 1 N–H and O–H groups in total. The summed E-state index contributed by atoms with van der Waals surface area (Å²) in [6, 6.07) is 14.9. The number of carbonyl (C=O) groups excluding carboxylic acids is 1. The van der Waals surface area contributed by atoms with E-state index >= 15 is 0 Å². The molecule has 0 unspecified atom stereocenters. The monoisotopic (exact) mass is 330 g/mol. The van der Waals surface area contributed by atoms with Crippen molar-refractivity contribution in [3.05, 3.63) is 64.7 Å². The highest BCUT2D eigenvalue weighted by atomic mass is 35.5. The van der Waals surface area contributed by atoms with E-state index < -0.39 is 0 Å². The maximum atomic E-state index is 11.8. The van der Waals surface area contributed by atoms with E-state index in [1.165, 1.54) is 6.21 Å². The highest BCUT2D eigenvalue weighted by molar-refractivity contribution is 6.33. The van der Waals surface area contributed by atoms with Crippen LogP contribution in [0.5, 0.6) is 5.75 Å². The zero-order chi connectivity index (χ0) is 16.7. The van der Waals surface area contributed by atoms with E-state index in [-0.39, 0.29) is 12.5 Å². The number of hydrogen-bond donors (Lipinski definition) is 1. The summed E-state index contributed by atoms with van der Waals surface area (Å²) >= 11 is 6.00. The van der Waals surface area contributed by atoms with Gasteiger partial charge in [-0.1, -0.05) is 61.8 Å². The van der Waals surface area contributed by atoms with Gasteiger partial charge in [0, 0.05) is 10.6 Å². The molecule has 0 aliphatic carbocycles. The zero-order valence-corrected chi connectivity index (χ0v) is 13.9. The molecule has 5 heteroatoms. The van der Waals surface area contributed by atoms with Gasteiger partial charge in [-0.05, 0) is 23.6 Å². The van der Waals surface area contributed by atoms with Crippen molar-refractivity contribution in [2.24, 2.45) is 5.10 Å². The minimum atomic E-state index is -0.327. The first-order valence-electron chi connectivity index (χ1n) is 7.36. The van der Waals surface area contributed by atoms with Crippen molar-refractivity contribution in [3.8, 4) is 5.75 Å². The van der Waals surface area contributed by atoms with Gasteiger partial charge in [-0.25, -0.2) is 5.43 Å². The molecule has 0 saturated heterocycles. The summed E-state index contributed by atoms with van der Waals surface area (Å²) in [7, 11) is 0. The minimum absolute atomic E-state index is 0.0937. The Morgan fingerprint density at radius 3 is 2.65 bits per heavy atom. The average molecular weight is 331 g/mol. The third kappa shape index (κ3) is 5.11. The van der Waals surface area contributed by atoms with Crippen LogP contribution in [0.4, 0.5) is 0 Å². The van der Waals surface area contributed by atoms with Crippen LogP contribution in [0.1, 0.15) is 30.9 Å². The molecule has 0 heterocycles. The molecule has 0 atom stereocenters. The van der Waals surface area contributed by atoms with Gasteiger partial charge in [0.1, 0.15) is 5.75 Å². The number of hydrazone groups is 1. The molecule has 0 aromatic heterocycles. The second-order valence-corrected chi connectivity index (χ2v) is 5.70. The summed E-state index contributed by atoms with van der Waals surface area (Å²) in [5.41, 5.74) is 4.23. The van der Waals surface area contributed by atoms with Crippen LogP contribution in [-0.2, 0) is 4.79 Å². The number of nitrogens with one attached hydrogen (secondary N) is 1. The van der Waals surface area contributed by atoms with Gasteiger partial charge in [0.05, 0.1) is 6.21 Å². The maximum Gasteiger partial charge on any atom is 0.277 e. The number of halogens is 1. The number of rotatable bonds is 6. The molecule has 0 aliphatic rings. The lowest BCUT2D eigenvalue weighted by Crippen LogP contribution is -2.24. The lowest BCUT2D eigenvalue weighted by Gasteiger charge is -2.12. The number of carbonyl (C=O) groups is 1. The van der Waals surface area contributed by atoms with Crippen LogP contribution in [0.15, 0.2) is 53.6 Å². The number of benzene rings is 2. The molecule has 2 aromatic rings. The van der Waals surface area contributed by atoms with Crippen molar-refractivity contribution in [1.82, 2.24) is 5.43 Å². The Kier molecular flexibility index (Phi) is 6.18. The molecular formula is C18H19ClN2O2. The molecule has 1 amide bonds. The van der Waals surface area contributed by atoms with E-state index in [4.69, 9.17) is 16.3 Å². The van der Waals surface area contributed by atoms with Crippen LogP contribution < -0.4 is 10.2 Å². The summed E-state index contributed by atoms with van der Waals surface area (Å²) in [5, 5.41) is 4.46. The SMILES string of the molecule is CC(C)c1ccccc1OCC(=O)NN=Cc1ccccc1Cl. The van der Waals surface area contributed by atoms with E-state index in [0.29, 0.717) is 16.7 Å². The number of para-hydroxylation sites is 1. The first-order chi connectivity index (χ1) is 11.1. The Morgan fingerprint density at radius 2 is 1.91 bits per heavy atom. The van der Waals surface area contributed by atoms with E-state index in [0.717, 1.165) is 11.1 Å². The molecule has 2 rings (SSSR count). The molecule has 4 nitrogen and oxygen atoms in total.